The smallest absolute Gasteiger partial charge is 0.327 e. The van der Waals surface area contributed by atoms with E-state index in [2.05, 4.69) is 56.5 Å². The van der Waals surface area contributed by atoms with Crippen LogP contribution in [0.3, 0.4) is 0 Å². The molecule has 1 aliphatic heterocycles. The molecule has 138 valence electrons. The van der Waals surface area contributed by atoms with Crippen molar-refractivity contribution in [1.82, 2.24) is 19.5 Å². The Hall–Kier alpha value is -1.89. The van der Waals surface area contributed by atoms with E-state index in [1.807, 2.05) is 0 Å². The van der Waals surface area contributed by atoms with Gasteiger partial charge in [0.1, 0.15) is 11.9 Å². The van der Waals surface area contributed by atoms with Gasteiger partial charge in [-0.25, -0.2) is 9.78 Å². The molecule has 7 nitrogen and oxygen atoms in total. The summed E-state index contributed by atoms with van der Waals surface area (Å²) in [5.74, 6) is 0.378. The number of aromatic amines is 2. The van der Waals surface area contributed by atoms with Crippen molar-refractivity contribution in [3.05, 3.63) is 27.2 Å². The van der Waals surface area contributed by atoms with Gasteiger partial charge in [0.2, 0.25) is 0 Å². The summed E-state index contributed by atoms with van der Waals surface area (Å²) in [5, 5.41) is 0. The number of hydrogen-bond donors (Lipinski definition) is 2. The molecule has 0 aromatic carbocycles. The van der Waals surface area contributed by atoms with Crippen LogP contribution in [0, 0.1) is 16.7 Å². The minimum atomic E-state index is -0.532. The normalized spacial score (nSPS) is 25.0. The largest absolute Gasteiger partial charge is 0.354 e. The number of nitrogens with one attached hydrogen (secondary N) is 2. The zero-order valence-corrected chi connectivity index (χ0v) is 15.8. The van der Waals surface area contributed by atoms with E-state index < -0.39 is 11.2 Å². The van der Waals surface area contributed by atoms with E-state index in [-0.39, 0.29) is 28.7 Å². The van der Waals surface area contributed by atoms with Crippen molar-refractivity contribution in [3.8, 4) is 0 Å². The summed E-state index contributed by atoms with van der Waals surface area (Å²) in [4.78, 5) is 32.6. The second-order valence-electron chi connectivity index (χ2n) is 9.36. The van der Waals surface area contributed by atoms with Crippen LogP contribution < -0.4 is 11.2 Å². The Balaban J connectivity index is 1.99. The molecule has 3 heterocycles. The zero-order chi connectivity index (χ0) is 18.6. The second-order valence-corrected chi connectivity index (χ2v) is 9.36. The molecule has 0 amide bonds. The first kappa shape index (κ1) is 17.9. The Bertz CT molecular complexity index is 879. The highest BCUT2D eigenvalue weighted by molar-refractivity contribution is 5.68. The molecule has 3 rings (SSSR count). The van der Waals surface area contributed by atoms with Crippen LogP contribution in [0.15, 0.2) is 15.9 Å². The fourth-order valence-electron chi connectivity index (χ4n) is 3.78. The van der Waals surface area contributed by atoms with Gasteiger partial charge >= 0.3 is 5.69 Å². The van der Waals surface area contributed by atoms with Gasteiger partial charge < -0.3 is 4.74 Å². The van der Waals surface area contributed by atoms with Crippen molar-refractivity contribution in [2.24, 2.45) is 16.7 Å². The van der Waals surface area contributed by atoms with E-state index in [0.29, 0.717) is 11.6 Å². The Morgan fingerprint density at radius 2 is 1.88 bits per heavy atom. The van der Waals surface area contributed by atoms with Gasteiger partial charge in [-0.3, -0.25) is 19.3 Å². The highest BCUT2D eigenvalue weighted by Crippen LogP contribution is 2.47. The maximum Gasteiger partial charge on any atom is 0.327 e. The number of aromatic nitrogens is 4. The molecular weight excluding hydrogens is 320 g/mol. The predicted octanol–water partition coefficient (Wildman–Crippen LogP) is 2.80. The zero-order valence-electron chi connectivity index (χ0n) is 15.8. The van der Waals surface area contributed by atoms with Crippen molar-refractivity contribution >= 4 is 11.2 Å². The fraction of sp³-hybridized carbons (Fsp3) is 0.722. The standard InChI is InChI=1S/C18H28N4O3/c1-17(2,3)8-11-10(18(4,5)6)7-12(25-11)22-9-19-13-14(22)20-16(24)21-15(13)23/h9-12H,7-8H2,1-6H3,(H2,20,21,23,24)/t10-,11-,12-/m1/s1. The highest BCUT2D eigenvalue weighted by atomic mass is 16.5. The third-order valence-electron chi connectivity index (χ3n) is 4.94. The molecule has 2 N–H and O–H groups in total. The molecule has 7 heteroatoms. The summed E-state index contributed by atoms with van der Waals surface area (Å²) in [6.45, 7) is 13.3. The van der Waals surface area contributed by atoms with Gasteiger partial charge in [-0.15, -0.1) is 0 Å². The lowest BCUT2D eigenvalue weighted by molar-refractivity contribution is -0.0309. The van der Waals surface area contributed by atoms with Crippen LogP contribution in [-0.2, 0) is 4.74 Å². The third-order valence-corrected chi connectivity index (χ3v) is 4.94. The molecule has 0 spiro atoms. The van der Waals surface area contributed by atoms with Gasteiger partial charge in [-0.05, 0) is 29.6 Å². The minimum absolute atomic E-state index is 0.103. The molecule has 2 aromatic heterocycles. The number of nitrogens with zero attached hydrogens (tertiary/aromatic N) is 2. The Morgan fingerprint density at radius 3 is 2.48 bits per heavy atom. The molecule has 0 radical (unpaired) electrons. The first-order valence-electron chi connectivity index (χ1n) is 8.80. The summed E-state index contributed by atoms with van der Waals surface area (Å²) in [6.07, 6.45) is 3.24. The van der Waals surface area contributed by atoms with Gasteiger partial charge in [0.05, 0.1) is 12.4 Å². The van der Waals surface area contributed by atoms with Crippen LogP contribution in [0.2, 0.25) is 0 Å². The van der Waals surface area contributed by atoms with Gasteiger partial charge in [0.25, 0.3) is 5.56 Å². The molecule has 1 saturated heterocycles. The van der Waals surface area contributed by atoms with Crippen molar-refractivity contribution < 1.29 is 4.74 Å². The maximum atomic E-state index is 11.9. The van der Waals surface area contributed by atoms with E-state index in [9.17, 15) is 9.59 Å². The molecule has 2 aromatic rings. The molecule has 1 fully saturated rings. The number of hydrogen-bond acceptors (Lipinski definition) is 4. The lowest BCUT2D eigenvalue weighted by Gasteiger charge is -2.33. The Kier molecular flexibility index (Phi) is 4.18. The Labute approximate surface area is 146 Å². The summed E-state index contributed by atoms with van der Waals surface area (Å²) in [5.41, 5.74) is -0.0974. The Morgan fingerprint density at radius 1 is 1.20 bits per heavy atom. The monoisotopic (exact) mass is 348 g/mol. The van der Waals surface area contributed by atoms with E-state index in [4.69, 9.17) is 4.74 Å². The third kappa shape index (κ3) is 3.56. The number of rotatable bonds is 2. The first-order valence-corrected chi connectivity index (χ1v) is 8.80. The van der Waals surface area contributed by atoms with Gasteiger partial charge in [-0.2, -0.15) is 0 Å². The quantitative estimate of drug-likeness (QED) is 0.873. The molecule has 3 atom stereocenters. The highest BCUT2D eigenvalue weighted by Gasteiger charge is 2.44. The molecule has 0 aliphatic carbocycles. The number of H-pyrrole nitrogens is 2. The van der Waals surface area contributed by atoms with E-state index in [1.54, 1.807) is 10.9 Å². The summed E-state index contributed by atoms with van der Waals surface area (Å²) < 4.78 is 8.18. The molecule has 0 saturated carbocycles. The SMILES string of the molecule is CC(C)(C)C[C@H]1O[C@@H](n2cnc3c(=O)[nH]c(=O)[nH]c32)C[C@H]1C(C)(C)C. The first-order chi connectivity index (χ1) is 11.5. The van der Waals surface area contributed by atoms with Crippen LogP contribution in [0.5, 0.6) is 0 Å². The van der Waals surface area contributed by atoms with Crippen LogP contribution in [0.1, 0.15) is 60.6 Å². The molecular formula is C18H28N4O3. The molecule has 0 bridgehead atoms. The number of fused-ring (bicyclic) bond motifs is 1. The van der Waals surface area contributed by atoms with Gasteiger partial charge in [-0.1, -0.05) is 41.5 Å². The summed E-state index contributed by atoms with van der Waals surface area (Å²) in [6, 6.07) is 0. The van der Waals surface area contributed by atoms with Gasteiger partial charge in [0.15, 0.2) is 5.52 Å². The predicted molar refractivity (Wildman–Crippen MR) is 96.5 cm³/mol. The summed E-state index contributed by atoms with van der Waals surface area (Å²) >= 11 is 0. The second kappa shape index (κ2) is 5.83. The lowest BCUT2D eigenvalue weighted by atomic mass is 9.73. The lowest BCUT2D eigenvalue weighted by Crippen LogP contribution is -2.31. The van der Waals surface area contributed by atoms with Crippen LogP contribution in [-0.4, -0.2) is 25.6 Å². The van der Waals surface area contributed by atoms with Gasteiger partial charge in [0, 0.05) is 0 Å². The topological polar surface area (TPSA) is 92.8 Å². The average molecular weight is 348 g/mol. The molecule has 0 unspecified atom stereocenters. The minimum Gasteiger partial charge on any atom is -0.354 e. The van der Waals surface area contributed by atoms with Crippen LogP contribution >= 0.6 is 0 Å². The van der Waals surface area contributed by atoms with Crippen molar-refractivity contribution in [3.63, 3.8) is 0 Å². The van der Waals surface area contributed by atoms with Crippen LogP contribution in [0.4, 0.5) is 0 Å². The van der Waals surface area contributed by atoms with Crippen molar-refractivity contribution in [1.29, 1.82) is 0 Å². The van der Waals surface area contributed by atoms with E-state index in [1.165, 1.54) is 0 Å². The van der Waals surface area contributed by atoms with Crippen molar-refractivity contribution in [2.45, 2.75) is 66.7 Å². The molecule has 1 aliphatic rings. The summed E-state index contributed by atoms with van der Waals surface area (Å²) in [7, 11) is 0. The maximum absolute atomic E-state index is 11.9. The van der Waals surface area contributed by atoms with E-state index >= 15 is 0 Å². The van der Waals surface area contributed by atoms with E-state index in [0.717, 1.165) is 12.8 Å². The molecule has 25 heavy (non-hydrogen) atoms. The number of ether oxygens (including phenoxy) is 1. The number of imidazole rings is 1. The fourth-order valence-corrected chi connectivity index (χ4v) is 3.78. The van der Waals surface area contributed by atoms with Crippen LogP contribution in [0.25, 0.3) is 11.2 Å². The average Bonchev–Trinajstić information content (AvgIpc) is 2.99. The van der Waals surface area contributed by atoms with Crippen molar-refractivity contribution in [2.75, 3.05) is 0 Å².